The highest BCUT2D eigenvalue weighted by Gasteiger charge is 2.46. The summed E-state index contributed by atoms with van der Waals surface area (Å²) in [7, 11) is 0. The predicted octanol–water partition coefficient (Wildman–Crippen LogP) is 4.74. The highest BCUT2D eigenvalue weighted by Crippen LogP contribution is 2.40. The Labute approximate surface area is 226 Å². The number of rotatable bonds is 10. The minimum Gasteiger partial charge on any atom is -0.507 e. The van der Waals surface area contributed by atoms with E-state index in [1.807, 2.05) is 37.3 Å². The Balaban J connectivity index is 1.66. The van der Waals surface area contributed by atoms with Gasteiger partial charge < -0.3 is 19.5 Å². The molecule has 0 bridgehead atoms. The van der Waals surface area contributed by atoms with Crippen LogP contribution in [0.5, 0.6) is 5.75 Å². The first-order valence-electron chi connectivity index (χ1n) is 13.7. The first kappa shape index (κ1) is 27.9. The monoisotopic (exact) mass is 520 g/mol. The van der Waals surface area contributed by atoms with Crippen LogP contribution >= 0.6 is 0 Å². The van der Waals surface area contributed by atoms with Gasteiger partial charge >= 0.3 is 0 Å². The molecule has 2 saturated heterocycles. The average molecular weight is 521 g/mol. The number of hydrogen-bond acceptors (Lipinski definition) is 6. The molecule has 0 aliphatic carbocycles. The summed E-state index contributed by atoms with van der Waals surface area (Å²) in [6.45, 7) is 13.2. The summed E-state index contributed by atoms with van der Waals surface area (Å²) in [5.41, 5.74) is 3.45. The molecule has 1 atom stereocenters. The first-order chi connectivity index (χ1) is 18.3. The summed E-state index contributed by atoms with van der Waals surface area (Å²) in [6, 6.07) is 12.8. The number of hydrogen-bond donors (Lipinski definition) is 1. The highest BCUT2D eigenvalue weighted by atomic mass is 16.5. The molecule has 7 heteroatoms. The normalized spacial score (nSPS) is 19.9. The molecule has 0 spiro atoms. The van der Waals surface area contributed by atoms with Gasteiger partial charge in [0, 0.05) is 31.7 Å². The van der Waals surface area contributed by atoms with E-state index < -0.39 is 17.7 Å². The topological polar surface area (TPSA) is 79.3 Å². The van der Waals surface area contributed by atoms with E-state index in [2.05, 4.69) is 25.7 Å². The number of Topliss-reactive ketones (excluding diaryl/α,β-unsaturated/α-hetero) is 1. The molecule has 2 aliphatic rings. The SMILES string of the molecule is CCc1ccc([C@H]2/C(=C(\O)c3ccc(OCC(C)C)cc3C)C(=O)C(=O)N2CCCN2CCOCC2)cc1. The smallest absolute Gasteiger partial charge is 0.295 e. The summed E-state index contributed by atoms with van der Waals surface area (Å²) in [5, 5.41) is 11.5. The number of carbonyl (C=O) groups is 2. The van der Waals surface area contributed by atoms with Gasteiger partial charge in [0.1, 0.15) is 11.5 Å². The molecule has 2 fully saturated rings. The Kier molecular flexibility index (Phi) is 9.23. The van der Waals surface area contributed by atoms with Crippen LogP contribution in [0.15, 0.2) is 48.0 Å². The van der Waals surface area contributed by atoms with E-state index >= 15 is 0 Å². The number of ketones is 1. The zero-order valence-electron chi connectivity index (χ0n) is 23.0. The molecular weight excluding hydrogens is 480 g/mol. The number of carbonyl (C=O) groups excluding carboxylic acids is 2. The summed E-state index contributed by atoms with van der Waals surface area (Å²) < 4.78 is 11.3. The van der Waals surface area contributed by atoms with Crippen molar-refractivity contribution in [2.24, 2.45) is 5.92 Å². The fourth-order valence-electron chi connectivity index (χ4n) is 5.08. The van der Waals surface area contributed by atoms with Crippen LogP contribution in [0.4, 0.5) is 0 Å². The molecule has 2 aromatic rings. The Morgan fingerprint density at radius 1 is 1.08 bits per heavy atom. The zero-order valence-corrected chi connectivity index (χ0v) is 23.0. The molecule has 4 rings (SSSR count). The zero-order chi connectivity index (χ0) is 27.2. The maximum absolute atomic E-state index is 13.4. The van der Waals surface area contributed by atoms with Gasteiger partial charge in [0.2, 0.25) is 0 Å². The maximum atomic E-state index is 13.4. The molecule has 38 heavy (non-hydrogen) atoms. The van der Waals surface area contributed by atoms with Crippen LogP contribution in [0.25, 0.3) is 5.76 Å². The third-order valence-electron chi connectivity index (χ3n) is 7.26. The first-order valence-corrected chi connectivity index (χ1v) is 13.7. The molecule has 204 valence electrons. The fraction of sp³-hybridized carbons (Fsp3) is 0.484. The Bertz CT molecular complexity index is 1170. The van der Waals surface area contributed by atoms with Crippen LogP contribution < -0.4 is 4.74 Å². The molecule has 0 saturated carbocycles. The van der Waals surface area contributed by atoms with Crippen molar-refractivity contribution in [3.63, 3.8) is 0 Å². The summed E-state index contributed by atoms with van der Waals surface area (Å²) >= 11 is 0. The molecule has 7 nitrogen and oxygen atoms in total. The third-order valence-corrected chi connectivity index (χ3v) is 7.26. The lowest BCUT2D eigenvalue weighted by Crippen LogP contribution is -2.38. The van der Waals surface area contributed by atoms with Crippen LogP contribution in [0.2, 0.25) is 0 Å². The van der Waals surface area contributed by atoms with E-state index in [9.17, 15) is 14.7 Å². The lowest BCUT2D eigenvalue weighted by atomic mass is 9.93. The van der Waals surface area contributed by atoms with Gasteiger partial charge in [0.15, 0.2) is 0 Å². The van der Waals surface area contributed by atoms with Crippen LogP contribution in [-0.4, -0.2) is 72.6 Å². The highest BCUT2D eigenvalue weighted by molar-refractivity contribution is 6.46. The second-order valence-electron chi connectivity index (χ2n) is 10.6. The van der Waals surface area contributed by atoms with Crippen molar-refractivity contribution in [3.8, 4) is 5.75 Å². The van der Waals surface area contributed by atoms with Gasteiger partial charge in [0.25, 0.3) is 11.7 Å². The summed E-state index contributed by atoms with van der Waals surface area (Å²) in [6.07, 6.45) is 1.63. The molecule has 1 amide bonds. The number of aliphatic hydroxyl groups excluding tert-OH is 1. The van der Waals surface area contributed by atoms with E-state index in [0.29, 0.717) is 30.4 Å². The third kappa shape index (κ3) is 6.27. The molecule has 2 aromatic carbocycles. The number of ether oxygens (including phenoxy) is 2. The molecular formula is C31H40N2O5. The molecule has 0 radical (unpaired) electrons. The number of nitrogens with zero attached hydrogens (tertiary/aromatic N) is 2. The van der Waals surface area contributed by atoms with Crippen LogP contribution in [0.1, 0.15) is 55.5 Å². The maximum Gasteiger partial charge on any atom is 0.295 e. The molecule has 2 heterocycles. The standard InChI is InChI=1S/C31H40N2O5/c1-5-23-7-9-24(10-8-23)28-27(29(34)26-12-11-25(19-22(26)4)38-20-21(2)3)30(35)31(36)33(28)14-6-13-32-15-17-37-18-16-32/h7-12,19,21,28,34H,5-6,13-18,20H2,1-4H3/b29-27+/t28-/m0/s1. The van der Waals surface area contributed by atoms with Crippen molar-refractivity contribution >= 4 is 17.4 Å². The van der Waals surface area contributed by atoms with Gasteiger partial charge in [-0.2, -0.15) is 0 Å². The van der Waals surface area contributed by atoms with Gasteiger partial charge in [0.05, 0.1) is 31.4 Å². The molecule has 0 unspecified atom stereocenters. The van der Waals surface area contributed by atoms with Gasteiger partial charge in [-0.1, -0.05) is 45.0 Å². The lowest BCUT2D eigenvalue weighted by Gasteiger charge is -2.29. The minimum atomic E-state index is -0.641. The number of morpholine rings is 1. The van der Waals surface area contributed by atoms with Crippen molar-refractivity contribution in [2.45, 2.75) is 46.6 Å². The number of likely N-dealkylation sites (tertiary alicyclic amines) is 1. The van der Waals surface area contributed by atoms with Crippen LogP contribution in [-0.2, 0) is 20.7 Å². The fourth-order valence-corrected chi connectivity index (χ4v) is 5.08. The number of aryl methyl sites for hydroxylation is 2. The van der Waals surface area contributed by atoms with Gasteiger partial charge in [-0.15, -0.1) is 0 Å². The second kappa shape index (κ2) is 12.6. The summed E-state index contributed by atoms with van der Waals surface area (Å²) in [4.78, 5) is 30.6. The Morgan fingerprint density at radius 2 is 1.79 bits per heavy atom. The van der Waals surface area contributed by atoms with Crippen molar-refractivity contribution in [2.75, 3.05) is 46.0 Å². The van der Waals surface area contributed by atoms with Crippen molar-refractivity contribution < 1.29 is 24.2 Å². The quantitative estimate of drug-likeness (QED) is 0.277. The Hall–Kier alpha value is -3.16. The van der Waals surface area contributed by atoms with Crippen LogP contribution in [0, 0.1) is 12.8 Å². The number of aliphatic hydroxyl groups is 1. The molecule has 1 N–H and O–H groups in total. The van der Waals surface area contributed by atoms with E-state index in [1.165, 1.54) is 5.56 Å². The minimum absolute atomic E-state index is 0.142. The van der Waals surface area contributed by atoms with Gasteiger partial charge in [-0.25, -0.2) is 0 Å². The Morgan fingerprint density at radius 3 is 2.42 bits per heavy atom. The molecule has 0 aromatic heterocycles. The van der Waals surface area contributed by atoms with E-state index in [4.69, 9.17) is 9.47 Å². The van der Waals surface area contributed by atoms with E-state index in [1.54, 1.807) is 17.0 Å². The summed E-state index contributed by atoms with van der Waals surface area (Å²) in [5.74, 6) is -0.244. The largest absolute Gasteiger partial charge is 0.507 e. The molecule has 2 aliphatic heterocycles. The lowest BCUT2D eigenvalue weighted by molar-refractivity contribution is -0.140. The van der Waals surface area contributed by atoms with Crippen molar-refractivity contribution in [3.05, 3.63) is 70.3 Å². The van der Waals surface area contributed by atoms with E-state index in [-0.39, 0.29) is 11.3 Å². The van der Waals surface area contributed by atoms with Crippen molar-refractivity contribution in [1.82, 2.24) is 9.80 Å². The average Bonchev–Trinajstić information content (AvgIpc) is 3.17. The van der Waals surface area contributed by atoms with Gasteiger partial charge in [-0.05, 0) is 60.6 Å². The number of benzene rings is 2. The van der Waals surface area contributed by atoms with Gasteiger partial charge in [-0.3, -0.25) is 14.5 Å². The predicted molar refractivity (Wildman–Crippen MR) is 148 cm³/mol. The van der Waals surface area contributed by atoms with Crippen molar-refractivity contribution in [1.29, 1.82) is 0 Å². The van der Waals surface area contributed by atoms with Crippen LogP contribution in [0.3, 0.4) is 0 Å². The second-order valence-corrected chi connectivity index (χ2v) is 10.6. The van der Waals surface area contributed by atoms with E-state index in [0.717, 1.165) is 56.8 Å². The number of amides is 1.